The van der Waals surface area contributed by atoms with Crippen LogP contribution in [0.2, 0.25) is 0 Å². The van der Waals surface area contributed by atoms with E-state index < -0.39 is 0 Å². The SMILES string of the molecule is CCC[C@@H](NC(=O)CSc1nc(C)nc2ccccc12)c1ccccc1. The molecule has 1 amide bonds. The summed E-state index contributed by atoms with van der Waals surface area (Å²) in [6.45, 7) is 4.01. The highest BCUT2D eigenvalue weighted by Crippen LogP contribution is 2.25. The number of benzene rings is 2. The Balaban J connectivity index is 1.69. The molecule has 1 aromatic heterocycles. The molecule has 26 heavy (non-hydrogen) atoms. The standard InChI is InChI=1S/C21H23N3OS/c1-3-9-18(16-10-5-4-6-11-16)24-20(25)14-26-21-17-12-7-8-13-19(17)22-15(2)23-21/h4-8,10-13,18H,3,9,14H2,1-2H3,(H,24,25)/t18-/m1/s1. The lowest BCUT2D eigenvalue weighted by Gasteiger charge is -2.18. The molecule has 3 aromatic rings. The number of para-hydroxylation sites is 1. The predicted molar refractivity (Wildman–Crippen MR) is 107 cm³/mol. The highest BCUT2D eigenvalue weighted by molar-refractivity contribution is 8.00. The number of hydrogen-bond acceptors (Lipinski definition) is 4. The molecule has 1 heterocycles. The molecule has 0 saturated carbocycles. The topological polar surface area (TPSA) is 54.9 Å². The van der Waals surface area contributed by atoms with Crippen LogP contribution in [0.25, 0.3) is 10.9 Å². The number of nitrogens with one attached hydrogen (secondary N) is 1. The molecule has 2 aromatic carbocycles. The van der Waals surface area contributed by atoms with Crippen molar-refractivity contribution in [3.8, 4) is 0 Å². The summed E-state index contributed by atoms with van der Waals surface area (Å²) in [6.07, 6.45) is 1.94. The zero-order chi connectivity index (χ0) is 18.4. The van der Waals surface area contributed by atoms with Crippen LogP contribution in [-0.4, -0.2) is 21.6 Å². The minimum Gasteiger partial charge on any atom is -0.349 e. The molecule has 0 aliphatic rings. The van der Waals surface area contributed by atoms with Crippen LogP contribution in [0.15, 0.2) is 59.6 Å². The van der Waals surface area contributed by atoms with Gasteiger partial charge in [0.15, 0.2) is 0 Å². The number of rotatable bonds is 7. The number of hydrogen-bond donors (Lipinski definition) is 1. The maximum atomic E-state index is 12.5. The Morgan fingerprint density at radius 2 is 1.81 bits per heavy atom. The summed E-state index contributed by atoms with van der Waals surface area (Å²) in [4.78, 5) is 21.5. The van der Waals surface area contributed by atoms with Crippen LogP contribution in [0.3, 0.4) is 0 Å². The monoisotopic (exact) mass is 365 g/mol. The van der Waals surface area contributed by atoms with Gasteiger partial charge in [-0.1, -0.05) is 73.6 Å². The molecule has 0 bridgehead atoms. The number of carbonyl (C=O) groups excluding carboxylic acids is 1. The zero-order valence-corrected chi connectivity index (χ0v) is 15.9. The predicted octanol–water partition coefficient (Wildman–Crippen LogP) is 4.69. The van der Waals surface area contributed by atoms with E-state index in [1.807, 2.05) is 49.4 Å². The van der Waals surface area contributed by atoms with Gasteiger partial charge < -0.3 is 5.32 Å². The van der Waals surface area contributed by atoms with Crippen LogP contribution in [0.4, 0.5) is 0 Å². The van der Waals surface area contributed by atoms with Crippen LogP contribution < -0.4 is 5.32 Å². The number of thioether (sulfide) groups is 1. The molecule has 0 aliphatic heterocycles. The van der Waals surface area contributed by atoms with Gasteiger partial charge in [-0.15, -0.1) is 0 Å². The molecule has 0 radical (unpaired) electrons. The molecule has 0 fully saturated rings. The van der Waals surface area contributed by atoms with E-state index in [1.165, 1.54) is 11.8 Å². The minimum atomic E-state index is 0.0256. The Morgan fingerprint density at radius 1 is 1.08 bits per heavy atom. The van der Waals surface area contributed by atoms with Crippen molar-refractivity contribution in [2.24, 2.45) is 0 Å². The second kappa shape index (κ2) is 8.81. The summed E-state index contributed by atoms with van der Waals surface area (Å²) in [5, 5.41) is 5.01. The van der Waals surface area contributed by atoms with Gasteiger partial charge in [0.2, 0.25) is 5.91 Å². The molecule has 1 N–H and O–H groups in total. The van der Waals surface area contributed by atoms with Gasteiger partial charge >= 0.3 is 0 Å². The maximum absolute atomic E-state index is 12.5. The van der Waals surface area contributed by atoms with Gasteiger partial charge in [-0.3, -0.25) is 4.79 Å². The third-order valence-corrected chi connectivity index (χ3v) is 5.13. The van der Waals surface area contributed by atoms with Gasteiger partial charge in [-0.05, 0) is 25.0 Å². The number of carbonyl (C=O) groups is 1. The van der Waals surface area contributed by atoms with Gasteiger partial charge in [-0.2, -0.15) is 0 Å². The van der Waals surface area contributed by atoms with Crippen molar-refractivity contribution in [1.82, 2.24) is 15.3 Å². The largest absolute Gasteiger partial charge is 0.349 e. The van der Waals surface area contributed by atoms with Crippen LogP contribution in [0, 0.1) is 6.92 Å². The van der Waals surface area contributed by atoms with E-state index in [1.54, 1.807) is 0 Å². The van der Waals surface area contributed by atoms with E-state index in [2.05, 4.69) is 34.3 Å². The van der Waals surface area contributed by atoms with Crippen molar-refractivity contribution in [3.05, 3.63) is 66.0 Å². The molecular weight excluding hydrogens is 342 g/mol. The number of aryl methyl sites for hydroxylation is 1. The van der Waals surface area contributed by atoms with Crippen molar-refractivity contribution in [2.45, 2.75) is 37.8 Å². The molecule has 0 saturated heterocycles. The summed E-state index contributed by atoms with van der Waals surface area (Å²) in [5.41, 5.74) is 2.06. The number of nitrogens with zero attached hydrogens (tertiary/aromatic N) is 2. The summed E-state index contributed by atoms with van der Waals surface area (Å²) < 4.78 is 0. The molecule has 0 spiro atoms. The summed E-state index contributed by atoms with van der Waals surface area (Å²) in [5.74, 6) is 1.09. The highest BCUT2D eigenvalue weighted by Gasteiger charge is 2.15. The van der Waals surface area contributed by atoms with Crippen molar-refractivity contribution < 1.29 is 4.79 Å². The molecule has 1 atom stereocenters. The Kier molecular flexibility index (Phi) is 6.23. The highest BCUT2D eigenvalue weighted by atomic mass is 32.2. The molecule has 4 nitrogen and oxygen atoms in total. The fourth-order valence-electron chi connectivity index (χ4n) is 2.93. The quantitative estimate of drug-likeness (QED) is 0.487. The molecule has 0 aliphatic carbocycles. The number of aromatic nitrogens is 2. The van der Waals surface area contributed by atoms with E-state index in [0.717, 1.165) is 40.2 Å². The normalized spacial score (nSPS) is 12.1. The second-order valence-corrected chi connectivity index (χ2v) is 7.17. The van der Waals surface area contributed by atoms with Crippen LogP contribution in [0.5, 0.6) is 0 Å². The van der Waals surface area contributed by atoms with Gasteiger partial charge in [0.25, 0.3) is 0 Å². The lowest BCUT2D eigenvalue weighted by atomic mass is 10.0. The van der Waals surface area contributed by atoms with Crippen molar-refractivity contribution in [3.63, 3.8) is 0 Å². The Bertz CT molecular complexity index is 883. The summed E-state index contributed by atoms with van der Waals surface area (Å²) in [7, 11) is 0. The first kappa shape index (κ1) is 18.4. The second-order valence-electron chi connectivity index (χ2n) is 6.20. The van der Waals surface area contributed by atoms with Gasteiger partial charge in [-0.25, -0.2) is 9.97 Å². The lowest BCUT2D eigenvalue weighted by Crippen LogP contribution is -2.30. The number of fused-ring (bicyclic) bond motifs is 1. The average Bonchev–Trinajstić information content (AvgIpc) is 2.66. The Morgan fingerprint density at radius 3 is 2.58 bits per heavy atom. The van der Waals surface area contributed by atoms with Gasteiger partial charge in [0.05, 0.1) is 17.3 Å². The minimum absolute atomic E-state index is 0.0256. The molecule has 0 unspecified atom stereocenters. The van der Waals surface area contributed by atoms with E-state index in [-0.39, 0.29) is 11.9 Å². The fraction of sp³-hybridized carbons (Fsp3) is 0.286. The molecule has 134 valence electrons. The lowest BCUT2D eigenvalue weighted by molar-refractivity contribution is -0.119. The first-order chi connectivity index (χ1) is 12.7. The summed E-state index contributed by atoms with van der Waals surface area (Å²) >= 11 is 1.46. The third-order valence-electron chi connectivity index (χ3n) is 4.13. The fourth-order valence-corrected chi connectivity index (χ4v) is 3.81. The van der Waals surface area contributed by atoms with Crippen LogP contribution >= 0.6 is 11.8 Å². The van der Waals surface area contributed by atoms with E-state index in [0.29, 0.717) is 5.75 Å². The summed E-state index contributed by atoms with van der Waals surface area (Å²) in [6, 6.07) is 18.1. The van der Waals surface area contributed by atoms with Crippen LogP contribution in [-0.2, 0) is 4.79 Å². The smallest absolute Gasteiger partial charge is 0.230 e. The Hall–Kier alpha value is -2.40. The van der Waals surface area contributed by atoms with Crippen molar-refractivity contribution in [1.29, 1.82) is 0 Å². The molecule has 3 rings (SSSR count). The van der Waals surface area contributed by atoms with Crippen LogP contribution in [0.1, 0.15) is 37.2 Å². The van der Waals surface area contributed by atoms with Crippen molar-refractivity contribution >= 4 is 28.6 Å². The van der Waals surface area contributed by atoms with E-state index >= 15 is 0 Å². The maximum Gasteiger partial charge on any atom is 0.230 e. The van der Waals surface area contributed by atoms with E-state index in [4.69, 9.17) is 0 Å². The van der Waals surface area contributed by atoms with E-state index in [9.17, 15) is 4.79 Å². The average molecular weight is 366 g/mol. The van der Waals surface area contributed by atoms with Gasteiger partial charge in [0.1, 0.15) is 10.9 Å². The number of amides is 1. The Labute approximate surface area is 158 Å². The molecular formula is C21H23N3OS. The first-order valence-electron chi connectivity index (χ1n) is 8.88. The molecule has 5 heteroatoms. The van der Waals surface area contributed by atoms with Crippen molar-refractivity contribution in [2.75, 3.05) is 5.75 Å². The first-order valence-corrected chi connectivity index (χ1v) is 9.86. The van der Waals surface area contributed by atoms with Gasteiger partial charge in [0, 0.05) is 5.39 Å². The third kappa shape index (κ3) is 4.61. The zero-order valence-electron chi connectivity index (χ0n) is 15.1.